The third-order valence-electron chi connectivity index (χ3n) is 4.80. The molecule has 0 unspecified atom stereocenters. The molecular formula is C18H22ClN5O4S. The normalized spacial score (nSPS) is 15.2. The number of piperidine rings is 1. The second-order valence-electron chi connectivity index (χ2n) is 6.83. The molecule has 0 amide bonds. The zero-order chi connectivity index (χ0) is 21.2. The van der Waals surface area contributed by atoms with Gasteiger partial charge in [-0.2, -0.15) is 13.4 Å². The molecule has 0 bridgehead atoms. The topological polar surface area (TPSA) is 119 Å². The van der Waals surface area contributed by atoms with Crippen LogP contribution in [0.5, 0.6) is 0 Å². The van der Waals surface area contributed by atoms with E-state index in [-0.39, 0.29) is 21.9 Å². The molecule has 0 aliphatic carbocycles. The Morgan fingerprint density at radius 1 is 1.21 bits per heavy atom. The number of benzene rings is 1. The summed E-state index contributed by atoms with van der Waals surface area (Å²) >= 11 is 5.83. The third kappa shape index (κ3) is 4.84. The zero-order valence-electron chi connectivity index (χ0n) is 16.0. The Labute approximate surface area is 173 Å². The summed E-state index contributed by atoms with van der Waals surface area (Å²) in [4.78, 5) is 20.4. The summed E-state index contributed by atoms with van der Waals surface area (Å²) in [6, 6.07) is 6.18. The highest BCUT2D eigenvalue weighted by Gasteiger charge is 2.22. The summed E-state index contributed by atoms with van der Waals surface area (Å²) in [6.07, 6.45) is 3.46. The average Bonchev–Trinajstić information content (AvgIpc) is 2.92. The Morgan fingerprint density at radius 2 is 1.83 bits per heavy atom. The van der Waals surface area contributed by atoms with E-state index < -0.39 is 10.1 Å². The van der Waals surface area contributed by atoms with Crippen molar-refractivity contribution in [2.24, 2.45) is 7.05 Å². The van der Waals surface area contributed by atoms with E-state index >= 15 is 0 Å². The molecule has 2 aromatic heterocycles. The molecular weight excluding hydrogens is 418 g/mol. The predicted molar refractivity (Wildman–Crippen MR) is 110 cm³/mol. The van der Waals surface area contributed by atoms with E-state index in [1.54, 1.807) is 34.5 Å². The first-order chi connectivity index (χ1) is 13.7. The molecule has 1 fully saturated rings. The molecule has 4 rings (SSSR count). The lowest BCUT2D eigenvalue weighted by Gasteiger charge is -2.23. The van der Waals surface area contributed by atoms with Gasteiger partial charge in [-0.3, -0.25) is 13.7 Å². The first kappa shape index (κ1) is 21.4. The number of aryl methyl sites for hydroxylation is 2. The lowest BCUT2D eigenvalue weighted by atomic mass is 10.1. The van der Waals surface area contributed by atoms with Crippen molar-refractivity contribution in [1.82, 2.24) is 24.4 Å². The highest BCUT2D eigenvalue weighted by atomic mass is 35.5. The minimum Gasteiger partial charge on any atom is -0.317 e. The Bertz CT molecular complexity index is 1170. The van der Waals surface area contributed by atoms with E-state index in [0.29, 0.717) is 5.65 Å². The fraction of sp³-hybridized carbons (Fsp3) is 0.389. The lowest BCUT2D eigenvalue weighted by Crippen LogP contribution is -2.34. The van der Waals surface area contributed by atoms with E-state index in [0.717, 1.165) is 37.0 Å². The van der Waals surface area contributed by atoms with Gasteiger partial charge in [0.15, 0.2) is 5.65 Å². The molecule has 1 aliphatic rings. The molecule has 0 spiro atoms. The molecule has 1 aliphatic heterocycles. The molecule has 3 aromatic rings. The Balaban J connectivity index is 0.000000188. The second-order valence-corrected chi connectivity index (χ2v) is 8.59. The molecule has 11 heteroatoms. The standard InChI is InChI=1S/C11H14ClN5O.C7H8O3S/c1-16-8-6-14-10(12)15-9(8)17(11(16)18)7-2-4-13-5-3-7;1-6-2-4-7(5-3-6)11(8,9)10/h6-7,13H,2-5H2,1H3;2-5H,1H3,(H,8,9,10). The fourth-order valence-corrected chi connectivity index (χ4v) is 3.83. The number of imidazole rings is 1. The first-order valence-corrected chi connectivity index (χ1v) is 10.8. The van der Waals surface area contributed by atoms with Gasteiger partial charge in [-0.1, -0.05) is 17.7 Å². The maximum absolute atomic E-state index is 12.3. The number of aromatic nitrogens is 4. The van der Waals surface area contributed by atoms with Gasteiger partial charge in [0.1, 0.15) is 5.52 Å². The molecule has 156 valence electrons. The van der Waals surface area contributed by atoms with Crippen LogP contribution in [0.2, 0.25) is 5.28 Å². The van der Waals surface area contributed by atoms with Gasteiger partial charge >= 0.3 is 5.69 Å². The van der Waals surface area contributed by atoms with Gasteiger partial charge in [0.2, 0.25) is 5.28 Å². The number of fused-ring (bicyclic) bond motifs is 1. The van der Waals surface area contributed by atoms with E-state index in [9.17, 15) is 13.2 Å². The molecule has 9 nitrogen and oxygen atoms in total. The number of hydrogen-bond donors (Lipinski definition) is 2. The van der Waals surface area contributed by atoms with Gasteiger partial charge in [0.25, 0.3) is 10.1 Å². The van der Waals surface area contributed by atoms with Crippen molar-refractivity contribution in [1.29, 1.82) is 0 Å². The van der Waals surface area contributed by atoms with Crippen molar-refractivity contribution in [3.8, 4) is 0 Å². The summed E-state index contributed by atoms with van der Waals surface area (Å²) in [7, 11) is -2.28. The number of rotatable bonds is 2. The van der Waals surface area contributed by atoms with Gasteiger partial charge in [-0.15, -0.1) is 0 Å². The van der Waals surface area contributed by atoms with Crippen molar-refractivity contribution in [3.05, 3.63) is 51.8 Å². The number of halogens is 1. The number of nitrogens with one attached hydrogen (secondary N) is 1. The quantitative estimate of drug-likeness (QED) is 0.462. The van der Waals surface area contributed by atoms with Crippen LogP contribution in [-0.2, 0) is 17.2 Å². The molecule has 2 N–H and O–H groups in total. The van der Waals surface area contributed by atoms with Gasteiger partial charge < -0.3 is 5.32 Å². The zero-order valence-corrected chi connectivity index (χ0v) is 17.6. The van der Waals surface area contributed by atoms with Crippen LogP contribution in [0.25, 0.3) is 11.2 Å². The molecule has 0 saturated carbocycles. The van der Waals surface area contributed by atoms with Gasteiger partial charge in [0, 0.05) is 13.1 Å². The summed E-state index contributed by atoms with van der Waals surface area (Å²) in [6.45, 7) is 3.69. The van der Waals surface area contributed by atoms with E-state index in [4.69, 9.17) is 16.2 Å². The van der Waals surface area contributed by atoms with Crippen molar-refractivity contribution in [2.75, 3.05) is 13.1 Å². The van der Waals surface area contributed by atoms with Crippen LogP contribution in [0.4, 0.5) is 0 Å². The van der Waals surface area contributed by atoms with E-state index in [1.807, 2.05) is 6.92 Å². The van der Waals surface area contributed by atoms with Crippen LogP contribution in [0.15, 0.2) is 40.2 Å². The van der Waals surface area contributed by atoms with Crippen LogP contribution in [0.1, 0.15) is 24.4 Å². The number of hydrogen-bond acceptors (Lipinski definition) is 6. The van der Waals surface area contributed by atoms with Crippen molar-refractivity contribution >= 4 is 32.9 Å². The van der Waals surface area contributed by atoms with Crippen molar-refractivity contribution in [3.63, 3.8) is 0 Å². The number of nitrogens with zero attached hydrogens (tertiary/aromatic N) is 4. The molecule has 1 saturated heterocycles. The highest BCUT2D eigenvalue weighted by Crippen LogP contribution is 2.22. The first-order valence-electron chi connectivity index (χ1n) is 9.03. The summed E-state index contributed by atoms with van der Waals surface area (Å²) in [5.41, 5.74) is 2.27. The third-order valence-corrected chi connectivity index (χ3v) is 5.85. The minimum absolute atomic E-state index is 0.0477. The minimum atomic E-state index is -4.02. The Kier molecular flexibility index (Phi) is 6.37. The maximum atomic E-state index is 12.3. The monoisotopic (exact) mass is 439 g/mol. The van der Waals surface area contributed by atoms with Crippen molar-refractivity contribution in [2.45, 2.75) is 30.7 Å². The fourth-order valence-electron chi connectivity index (χ4n) is 3.22. The van der Waals surface area contributed by atoms with E-state index in [2.05, 4.69) is 15.3 Å². The Morgan fingerprint density at radius 3 is 2.41 bits per heavy atom. The SMILES string of the molecule is Cc1ccc(S(=O)(=O)O)cc1.Cn1c(=O)n(C2CCNCC2)c2nc(Cl)ncc21. The van der Waals surface area contributed by atoms with Crippen molar-refractivity contribution < 1.29 is 13.0 Å². The van der Waals surface area contributed by atoms with Crippen LogP contribution in [0, 0.1) is 6.92 Å². The lowest BCUT2D eigenvalue weighted by molar-refractivity contribution is 0.364. The molecule has 0 radical (unpaired) electrons. The Hall–Kier alpha value is -2.27. The highest BCUT2D eigenvalue weighted by molar-refractivity contribution is 7.85. The van der Waals surface area contributed by atoms with Crippen LogP contribution in [0.3, 0.4) is 0 Å². The summed E-state index contributed by atoms with van der Waals surface area (Å²) in [5, 5.41) is 3.47. The molecule has 1 aromatic carbocycles. The van der Waals surface area contributed by atoms with Gasteiger partial charge in [0.05, 0.1) is 11.1 Å². The maximum Gasteiger partial charge on any atom is 0.330 e. The van der Waals surface area contributed by atoms with Crippen LogP contribution in [-0.4, -0.2) is 45.2 Å². The van der Waals surface area contributed by atoms with Gasteiger partial charge in [-0.25, -0.2) is 9.78 Å². The summed E-state index contributed by atoms with van der Waals surface area (Å²) < 4.78 is 32.9. The predicted octanol–water partition coefficient (Wildman–Crippen LogP) is 1.95. The molecule has 3 heterocycles. The van der Waals surface area contributed by atoms with Crippen LogP contribution >= 0.6 is 11.6 Å². The molecule has 29 heavy (non-hydrogen) atoms. The van der Waals surface area contributed by atoms with E-state index in [1.165, 1.54) is 12.1 Å². The summed E-state index contributed by atoms with van der Waals surface area (Å²) in [5.74, 6) is 0. The second kappa shape index (κ2) is 8.62. The molecule has 0 atom stereocenters. The van der Waals surface area contributed by atoms with Crippen LogP contribution < -0.4 is 11.0 Å². The largest absolute Gasteiger partial charge is 0.330 e. The van der Waals surface area contributed by atoms with Gasteiger partial charge in [-0.05, 0) is 56.6 Å². The smallest absolute Gasteiger partial charge is 0.317 e. The average molecular weight is 440 g/mol.